The fourth-order valence-corrected chi connectivity index (χ4v) is 7.01. The third kappa shape index (κ3) is 13.8. The van der Waals surface area contributed by atoms with Crippen LogP contribution in [0.1, 0.15) is 111 Å². The van der Waals surface area contributed by atoms with Gasteiger partial charge in [-0.25, -0.2) is 0 Å². The summed E-state index contributed by atoms with van der Waals surface area (Å²) in [6.45, 7) is 21.3. The molecule has 8 heteroatoms. The molecule has 0 aliphatic carbocycles. The Hall–Kier alpha value is -3.43. The molecule has 58 heavy (non-hydrogen) atoms. The molecule has 0 atom stereocenters. The standard InChI is InChI=1S/2C22H25.C6H12BN2O2.2ClH.Zr/c2*1-5-6-8-18-13-19-9-7-10-21(22(19)14-18)20-12-11-15(2)16(3)17(20)4;1-3-5(10)8-7-9-6(11)4-2;;;/h2*7,9-14H,5-6,8H2,1-4H3;3-4H2,1-2H3,(H,8,10)(H,9,11);2*1H;/q2*-1;;;;+4/p-2. The van der Waals surface area contributed by atoms with E-state index in [4.69, 9.17) is 17.0 Å². The maximum absolute atomic E-state index is 10.6. The van der Waals surface area contributed by atoms with Gasteiger partial charge in [0.15, 0.2) is 0 Å². The predicted octanol–water partition coefficient (Wildman–Crippen LogP) is 13.9. The second-order valence-electron chi connectivity index (χ2n) is 15.0. The van der Waals surface area contributed by atoms with Crippen LogP contribution >= 0.6 is 17.0 Å². The van der Waals surface area contributed by atoms with Gasteiger partial charge < -0.3 is 10.5 Å². The third-order valence-electron chi connectivity index (χ3n) is 11.1. The summed E-state index contributed by atoms with van der Waals surface area (Å²) in [4.78, 5) is 21.2. The molecule has 6 rings (SSSR count). The zero-order chi connectivity index (χ0) is 42.8. The summed E-state index contributed by atoms with van der Waals surface area (Å²) < 4.78 is 0. The van der Waals surface area contributed by atoms with Crippen molar-refractivity contribution in [2.45, 2.75) is 121 Å². The van der Waals surface area contributed by atoms with Crippen molar-refractivity contribution in [1.82, 2.24) is 10.5 Å². The first-order chi connectivity index (χ1) is 27.8. The van der Waals surface area contributed by atoms with E-state index in [0.29, 0.717) is 12.8 Å². The topological polar surface area (TPSA) is 58.2 Å². The molecule has 6 aromatic rings. The summed E-state index contributed by atoms with van der Waals surface area (Å²) in [5, 5.41) is 10.4. The molecule has 0 unspecified atom stereocenters. The number of nitrogens with one attached hydrogen (secondary N) is 2. The third-order valence-corrected chi connectivity index (χ3v) is 11.1. The summed E-state index contributed by atoms with van der Waals surface area (Å²) in [5.41, 5.74) is 16.8. The quantitative estimate of drug-likeness (QED) is 0.0950. The van der Waals surface area contributed by atoms with Gasteiger partial charge in [0.1, 0.15) is 0 Å². The maximum atomic E-state index is 10.6. The minimum absolute atomic E-state index is 0.110. The first-order valence-electron chi connectivity index (χ1n) is 20.7. The minimum atomic E-state index is -0.826. The number of benzene rings is 4. The number of carbonyl (C=O) groups excluding carboxylic acids is 2. The van der Waals surface area contributed by atoms with Crippen molar-refractivity contribution < 1.29 is 30.4 Å². The number of unbranched alkanes of at least 4 members (excludes halogenated alkanes) is 2. The van der Waals surface area contributed by atoms with Crippen LogP contribution in [0.2, 0.25) is 0 Å². The average Bonchev–Trinajstić information content (AvgIpc) is 3.85. The van der Waals surface area contributed by atoms with E-state index in [1.807, 2.05) is 0 Å². The number of carbonyl (C=O) groups is 2. The van der Waals surface area contributed by atoms with Crippen LogP contribution in [0.25, 0.3) is 43.8 Å². The van der Waals surface area contributed by atoms with Gasteiger partial charge in [0, 0.05) is 12.8 Å². The number of fused-ring (bicyclic) bond motifs is 2. The molecule has 305 valence electrons. The van der Waals surface area contributed by atoms with Gasteiger partial charge in [-0.15, -0.1) is 69.1 Å². The predicted molar refractivity (Wildman–Crippen MR) is 250 cm³/mol. The normalized spacial score (nSPS) is 10.3. The van der Waals surface area contributed by atoms with Gasteiger partial charge in [0.05, 0.1) is 0 Å². The van der Waals surface area contributed by atoms with Crippen molar-refractivity contribution in [3.63, 3.8) is 0 Å². The molecule has 4 nitrogen and oxygen atoms in total. The van der Waals surface area contributed by atoms with Gasteiger partial charge in [0.2, 0.25) is 11.8 Å². The summed E-state index contributed by atoms with van der Waals surface area (Å²) >= 11 is -0.826. The second-order valence-corrected chi connectivity index (χ2v) is 18.7. The molecule has 2 N–H and O–H groups in total. The molecular weight excluding hydrogens is 834 g/mol. The molecule has 0 aliphatic rings. The molecule has 0 fully saturated rings. The zero-order valence-corrected chi connectivity index (χ0v) is 40.4. The fourth-order valence-electron chi connectivity index (χ4n) is 7.01. The molecule has 6 aromatic carbocycles. The van der Waals surface area contributed by atoms with Crippen molar-refractivity contribution in [2.75, 3.05) is 0 Å². The Morgan fingerprint density at radius 1 is 0.569 bits per heavy atom. The average molecular weight is 896 g/mol. The molecule has 1 radical (unpaired) electrons. The van der Waals surface area contributed by atoms with E-state index < -0.39 is 20.8 Å². The molecule has 0 spiro atoms. The number of aryl methyl sites for hydroxylation is 4. The van der Waals surface area contributed by atoms with Gasteiger partial charge >= 0.3 is 45.4 Å². The Kier molecular flexibility index (Phi) is 21.3. The Labute approximate surface area is 368 Å². The van der Waals surface area contributed by atoms with E-state index in [-0.39, 0.29) is 11.8 Å². The zero-order valence-electron chi connectivity index (χ0n) is 36.4. The van der Waals surface area contributed by atoms with Crippen LogP contribution in [0.15, 0.2) is 84.9 Å². The first-order valence-corrected chi connectivity index (χ1v) is 27.1. The van der Waals surface area contributed by atoms with Crippen LogP contribution in [0, 0.1) is 41.5 Å². The van der Waals surface area contributed by atoms with E-state index in [1.165, 1.54) is 134 Å². The van der Waals surface area contributed by atoms with E-state index in [0.717, 1.165) is 0 Å². The second kappa shape index (κ2) is 25.2. The van der Waals surface area contributed by atoms with Crippen LogP contribution in [0.4, 0.5) is 0 Å². The summed E-state index contributed by atoms with van der Waals surface area (Å²) in [5.74, 6) is -0.220. The molecule has 0 saturated carbocycles. The first kappa shape index (κ1) is 48.9. The molecule has 0 aromatic heterocycles. The van der Waals surface area contributed by atoms with Gasteiger partial charge in [-0.1, -0.05) is 101 Å². The van der Waals surface area contributed by atoms with Crippen molar-refractivity contribution >= 4 is 57.9 Å². The number of halogens is 2. The Bertz CT molecular complexity index is 2080. The van der Waals surface area contributed by atoms with Crippen molar-refractivity contribution in [2.24, 2.45) is 0 Å². The molecule has 2 amide bonds. The van der Waals surface area contributed by atoms with Crippen molar-refractivity contribution in [3.05, 3.63) is 129 Å². The van der Waals surface area contributed by atoms with Crippen LogP contribution in [-0.4, -0.2) is 19.4 Å². The molecule has 0 heterocycles. The number of hydrogen-bond acceptors (Lipinski definition) is 2. The Morgan fingerprint density at radius 3 is 1.29 bits per heavy atom. The van der Waals surface area contributed by atoms with E-state index in [2.05, 4.69) is 151 Å². The van der Waals surface area contributed by atoms with E-state index in [9.17, 15) is 9.59 Å². The summed E-state index contributed by atoms with van der Waals surface area (Å²) in [6, 6.07) is 32.0. The van der Waals surface area contributed by atoms with Crippen LogP contribution in [-0.2, 0) is 43.3 Å². The van der Waals surface area contributed by atoms with Crippen molar-refractivity contribution in [1.29, 1.82) is 0 Å². The van der Waals surface area contributed by atoms with Gasteiger partial charge in [-0.3, -0.25) is 9.59 Å². The van der Waals surface area contributed by atoms with Gasteiger partial charge in [0.25, 0.3) is 0 Å². The SMILES string of the molecule is CCC(=O)N[B]NC(=O)CC.CCCCc1cc2c(-c3ccc(C)c(C)c3C)cccc2[cH-]1.CCCCc1cc2c(-c3ccc(C)c(C)c3C)cccc2[cH-]1.[Cl][Zr+2][Cl]. The molecule has 0 saturated heterocycles. The number of rotatable bonds is 12. The van der Waals surface area contributed by atoms with Crippen molar-refractivity contribution in [3.8, 4) is 22.3 Å². The molecule has 0 bridgehead atoms. The Balaban J connectivity index is 0.000000237. The van der Waals surface area contributed by atoms with Gasteiger partial charge in [-0.2, -0.15) is 12.1 Å². The van der Waals surface area contributed by atoms with Crippen LogP contribution in [0.5, 0.6) is 0 Å². The van der Waals surface area contributed by atoms with E-state index >= 15 is 0 Å². The van der Waals surface area contributed by atoms with Gasteiger partial charge in [-0.05, 0) is 98.9 Å². The monoisotopic (exact) mass is 893 g/mol. The van der Waals surface area contributed by atoms with Crippen LogP contribution < -0.4 is 10.5 Å². The van der Waals surface area contributed by atoms with Crippen LogP contribution in [0.3, 0.4) is 0 Å². The Morgan fingerprint density at radius 2 is 0.948 bits per heavy atom. The number of amides is 2. The molecule has 0 aliphatic heterocycles. The summed E-state index contributed by atoms with van der Waals surface area (Å²) in [6.07, 6.45) is 8.27. The van der Waals surface area contributed by atoms with E-state index in [1.54, 1.807) is 13.8 Å². The number of hydrogen-bond donors (Lipinski definition) is 2. The summed E-state index contributed by atoms with van der Waals surface area (Å²) in [7, 11) is 11.1. The fraction of sp³-hybridized carbons (Fsp3) is 0.360. The molecular formula is C50H62BCl2N2O2Zr.